The van der Waals surface area contributed by atoms with Crippen molar-refractivity contribution in [3.8, 4) is 5.75 Å². The first-order chi connectivity index (χ1) is 16.3. The molecule has 2 amide bonds. The van der Waals surface area contributed by atoms with Gasteiger partial charge in [-0.25, -0.2) is 13.3 Å². The molecule has 0 spiro atoms. The molecule has 2 aromatic rings. The van der Waals surface area contributed by atoms with Gasteiger partial charge in [-0.1, -0.05) is 11.6 Å². The van der Waals surface area contributed by atoms with Gasteiger partial charge in [-0.3, -0.25) is 14.5 Å². The van der Waals surface area contributed by atoms with Gasteiger partial charge in [0, 0.05) is 31.2 Å². The van der Waals surface area contributed by atoms with Gasteiger partial charge in [-0.2, -0.15) is 4.31 Å². The van der Waals surface area contributed by atoms with E-state index in [-0.39, 0.29) is 17.9 Å². The molecule has 1 unspecified atom stereocenters. The number of carbonyl (C=O) groups is 2. The molecule has 2 aliphatic heterocycles. The minimum Gasteiger partial charge on any atom is -0.497 e. The van der Waals surface area contributed by atoms with Gasteiger partial charge < -0.3 is 9.47 Å². The fourth-order valence-corrected chi connectivity index (χ4v) is 5.79. The van der Waals surface area contributed by atoms with E-state index in [1.54, 1.807) is 24.3 Å². The van der Waals surface area contributed by atoms with Gasteiger partial charge >= 0.3 is 0 Å². The number of benzene rings is 2. The number of sulfonamides is 1. The molecule has 4 rings (SSSR count). The Morgan fingerprint density at radius 2 is 1.71 bits per heavy atom. The number of halogens is 1. The van der Waals surface area contributed by atoms with Crippen LogP contribution in [0.15, 0.2) is 53.4 Å². The second kappa shape index (κ2) is 10.4. The van der Waals surface area contributed by atoms with Gasteiger partial charge in [0.1, 0.15) is 11.8 Å². The zero-order valence-electron chi connectivity index (χ0n) is 18.7. The molecule has 2 fully saturated rings. The maximum absolute atomic E-state index is 13.6. The topological polar surface area (TPSA) is 96.5 Å². The van der Waals surface area contributed by atoms with Gasteiger partial charge in [0.15, 0.2) is 0 Å². The highest BCUT2D eigenvalue weighted by Gasteiger charge is 2.47. The van der Waals surface area contributed by atoms with Crippen LogP contribution in [0.3, 0.4) is 0 Å². The summed E-state index contributed by atoms with van der Waals surface area (Å²) in [6, 6.07) is 11.1. The lowest BCUT2D eigenvalue weighted by molar-refractivity contribution is -0.122. The van der Waals surface area contributed by atoms with Crippen molar-refractivity contribution in [1.82, 2.24) is 9.21 Å². The van der Waals surface area contributed by atoms with Crippen molar-refractivity contribution in [2.45, 2.75) is 17.4 Å². The monoisotopic (exact) mass is 507 g/mol. The predicted octanol–water partition coefficient (Wildman–Crippen LogP) is 2.00. The lowest BCUT2D eigenvalue weighted by Crippen LogP contribution is -2.49. The first-order valence-corrected chi connectivity index (χ1v) is 12.7. The van der Waals surface area contributed by atoms with Gasteiger partial charge in [0.25, 0.3) is 5.91 Å². The summed E-state index contributed by atoms with van der Waals surface area (Å²) in [6.07, 6.45) is -0.235. The van der Waals surface area contributed by atoms with Crippen LogP contribution in [0.25, 0.3) is 0 Å². The smallest absolute Gasteiger partial charge is 0.252 e. The number of imide groups is 1. The Morgan fingerprint density at radius 3 is 2.32 bits per heavy atom. The standard InChI is InChI=1S/C23H26ClN3O6S/c1-32-19-6-4-18(5-7-19)27-22(28)16-21(23(27)29)26(11-10-25-12-14-33-15-13-25)34(30,31)20-8-2-17(24)3-9-20/h2-9,21H,10-16H2,1H3. The highest BCUT2D eigenvalue weighted by molar-refractivity contribution is 7.89. The van der Waals surface area contributed by atoms with E-state index < -0.39 is 27.9 Å². The van der Waals surface area contributed by atoms with Crippen LogP contribution < -0.4 is 9.64 Å². The zero-order valence-corrected chi connectivity index (χ0v) is 20.3. The second-order valence-electron chi connectivity index (χ2n) is 8.01. The number of morpholine rings is 1. The van der Waals surface area contributed by atoms with E-state index in [0.717, 1.165) is 9.21 Å². The van der Waals surface area contributed by atoms with E-state index in [2.05, 4.69) is 4.90 Å². The lowest BCUT2D eigenvalue weighted by atomic mass is 10.2. The normalized spacial score (nSPS) is 19.7. The minimum absolute atomic E-state index is 0.0158. The summed E-state index contributed by atoms with van der Waals surface area (Å²) in [5.74, 6) is -0.450. The van der Waals surface area contributed by atoms with Crippen LogP contribution >= 0.6 is 11.6 Å². The van der Waals surface area contributed by atoms with E-state index >= 15 is 0 Å². The van der Waals surface area contributed by atoms with Crippen LogP contribution in [0.2, 0.25) is 5.02 Å². The molecule has 2 aliphatic rings. The second-order valence-corrected chi connectivity index (χ2v) is 10.3. The summed E-state index contributed by atoms with van der Waals surface area (Å²) in [7, 11) is -2.56. The Balaban J connectivity index is 1.63. The van der Waals surface area contributed by atoms with Gasteiger partial charge in [-0.15, -0.1) is 0 Å². The van der Waals surface area contributed by atoms with Crippen molar-refractivity contribution in [3.05, 3.63) is 53.6 Å². The molecule has 9 nitrogen and oxygen atoms in total. The number of hydrogen-bond donors (Lipinski definition) is 0. The molecule has 34 heavy (non-hydrogen) atoms. The summed E-state index contributed by atoms with van der Waals surface area (Å²) in [5, 5.41) is 0.400. The van der Waals surface area contributed by atoms with E-state index in [9.17, 15) is 18.0 Å². The van der Waals surface area contributed by atoms with Crippen LogP contribution in [0.5, 0.6) is 5.75 Å². The highest BCUT2D eigenvalue weighted by atomic mass is 35.5. The fraction of sp³-hybridized carbons (Fsp3) is 0.391. The predicted molar refractivity (Wildman–Crippen MR) is 126 cm³/mol. The average molecular weight is 508 g/mol. The third-order valence-corrected chi connectivity index (χ3v) is 8.14. The third kappa shape index (κ3) is 5.11. The summed E-state index contributed by atoms with van der Waals surface area (Å²) < 4.78 is 38.9. The highest BCUT2D eigenvalue weighted by Crippen LogP contribution is 2.30. The molecule has 11 heteroatoms. The molecule has 0 radical (unpaired) electrons. The molecule has 0 aliphatic carbocycles. The van der Waals surface area contributed by atoms with E-state index in [1.165, 1.54) is 31.4 Å². The first kappa shape index (κ1) is 24.6. The van der Waals surface area contributed by atoms with Crippen molar-refractivity contribution >= 4 is 39.1 Å². The summed E-state index contributed by atoms with van der Waals surface area (Å²) in [6.45, 7) is 2.95. The largest absolute Gasteiger partial charge is 0.497 e. The Hall–Kier alpha value is -2.50. The molecule has 2 aromatic carbocycles. The van der Waals surface area contributed by atoms with Crippen molar-refractivity contribution in [3.63, 3.8) is 0 Å². The van der Waals surface area contributed by atoms with Crippen LogP contribution in [-0.4, -0.2) is 82.0 Å². The van der Waals surface area contributed by atoms with E-state index in [1.807, 2.05) is 0 Å². The van der Waals surface area contributed by atoms with E-state index in [4.69, 9.17) is 21.1 Å². The van der Waals surface area contributed by atoms with Crippen LogP contribution in [0, 0.1) is 0 Å². The number of carbonyl (C=O) groups excluding carboxylic acids is 2. The van der Waals surface area contributed by atoms with Crippen molar-refractivity contribution in [1.29, 1.82) is 0 Å². The molecule has 2 saturated heterocycles. The molecule has 182 valence electrons. The fourth-order valence-electron chi connectivity index (χ4n) is 4.09. The lowest BCUT2D eigenvalue weighted by Gasteiger charge is -2.31. The van der Waals surface area contributed by atoms with Gasteiger partial charge in [0.2, 0.25) is 15.9 Å². The number of anilines is 1. The van der Waals surface area contributed by atoms with Gasteiger partial charge in [-0.05, 0) is 48.5 Å². The Morgan fingerprint density at radius 1 is 1.06 bits per heavy atom. The average Bonchev–Trinajstić information content (AvgIpc) is 3.13. The zero-order chi connectivity index (χ0) is 24.3. The van der Waals surface area contributed by atoms with Crippen molar-refractivity contribution < 1.29 is 27.5 Å². The Labute approximate surface area is 203 Å². The van der Waals surface area contributed by atoms with Gasteiger partial charge in [0.05, 0.1) is 37.3 Å². The van der Waals surface area contributed by atoms with E-state index in [0.29, 0.717) is 49.3 Å². The Kier molecular flexibility index (Phi) is 7.54. The van der Waals surface area contributed by atoms with Crippen molar-refractivity contribution in [2.75, 3.05) is 51.4 Å². The van der Waals surface area contributed by atoms with Crippen LogP contribution in [-0.2, 0) is 24.3 Å². The Bertz CT molecular complexity index is 1130. The first-order valence-electron chi connectivity index (χ1n) is 10.9. The molecule has 0 aromatic heterocycles. The number of amides is 2. The number of nitrogens with zero attached hydrogens (tertiary/aromatic N) is 3. The number of rotatable bonds is 8. The molecule has 2 heterocycles. The number of ether oxygens (including phenoxy) is 2. The van der Waals surface area contributed by atoms with Crippen LogP contribution in [0.1, 0.15) is 6.42 Å². The molecule has 0 bridgehead atoms. The maximum Gasteiger partial charge on any atom is 0.252 e. The van der Waals surface area contributed by atoms with Crippen LogP contribution in [0.4, 0.5) is 5.69 Å². The SMILES string of the molecule is COc1ccc(N2C(=O)CC(N(CCN3CCOCC3)S(=O)(=O)c3ccc(Cl)cc3)C2=O)cc1. The third-order valence-electron chi connectivity index (χ3n) is 5.96. The number of hydrogen-bond acceptors (Lipinski definition) is 7. The minimum atomic E-state index is -4.08. The quantitative estimate of drug-likeness (QED) is 0.504. The maximum atomic E-state index is 13.6. The molecule has 0 saturated carbocycles. The number of methoxy groups -OCH3 is 1. The summed E-state index contributed by atoms with van der Waals surface area (Å²) in [5.41, 5.74) is 0.371. The molecular weight excluding hydrogens is 482 g/mol. The molecule has 1 atom stereocenters. The molecular formula is C23H26ClN3O6S. The summed E-state index contributed by atoms with van der Waals surface area (Å²) in [4.78, 5) is 29.4. The molecule has 0 N–H and O–H groups in total. The van der Waals surface area contributed by atoms with Crippen molar-refractivity contribution in [2.24, 2.45) is 0 Å². The summed E-state index contributed by atoms with van der Waals surface area (Å²) >= 11 is 5.94.